The summed E-state index contributed by atoms with van der Waals surface area (Å²) >= 11 is 0. The topological polar surface area (TPSA) is 81.5 Å². The number of carbonyl (C=O) groups is 1. The second kappa shape index (κ2) is 8.06. The van der Waals surface area contributed by atoms with Gasteiger partial charge in [0.1, 0.15) is 5.60 Å². The van der Waals surface area contributed by atoms with Crippen molar-refractivity contribution >= 4 is 11.7 Å². The third-order valence-corrected chi connectivity index (χ3v) is 3.13. The molecule has 0 saturated heterocycles. The van der Waals surface area contributed by atoms with Crippen molar-refractivity contribution in [2.24, 2.45) is 5.92 Å². The lowest BCUT2D eigenvalue weighted by molar-refractivity contribution is -0.385. The second-order valence-corrected chi connectivity index (χ2v) is 6.96. The van der Waals surface area contributed by atoms with Crippen LogP contribution in [-0.4, -0.2) is 23.0 Å². The highest BCUT2D eigenvalue weighted by Crippen LogP contribution is 2.22. The number of hydrogen-bond acceptors (Lipinski definition) is 5. The Bertz CT molecular complexity index is 562. The second-order valence-electron chi connectivity index (χ2n) is 6.96. The minimum absolute atomic E-state index is 0.0644. The molecule has 0 fully saturated rings. The average Bonchev–Trinajstić information content (AvgIpc) is 2.41. The first kappa shape index (κ1) is 19.1. The lowest BCUT2D eigenvalue weighted by Crippen LogP contribution is -2.24. The number of rotatable bonds is 7. The molecule has 0 aliphatic rings. The molecule has 0 unspecified atom stereocenters. The van der Waals surface area contributed by atoms with E-state index in [9.17, 15) is 14.9 Å². The summed E-state index contributed by atoms with van der Waals surface area (Å²) in [6.45, 7) is 10.7. The zero-order valence-corrected chi connectivity index (χ0v) is 14.5. The molecule has 0 heterocycles. The van der Waals surface area contributed by atoms with E-state index in [1.54, 1.807) is 32.9 Å². The fourth-order valence-electron chi connectivity index (χ4n) is 1.96. The molecule has 6 heteroatoms. The summed E-state index contributed by atoms with van der Waals surface area (Å²) in [4.78, 5) is 22.8. The average molecular weight is 322 g/mol. The highest BCUT2D eigenvalue weighted by Gasteiger charge is 2.21. The molecule has 23 heavy (non-hydrogen) atoms. The highest BCUT2D eigenvalue weighted by atomic mass is 16.6. The van der Waals surface area contributed by atoms with Crippen LogP contribution in [0.4, 0.5) is 5.69 Å². The lowest BCUT2D eigenvalue weighted by atomic mass is 10.1. The zero-order valence-electron chi connectivity index (χ0n) is 14.5. The summed E-state index contributed by atoms with van der Waals surface area (Å²) < 4.78 is 5.25. The number of nitro groups is 1. The van der Waals surface area contributed by atoms with Gasteiger partial charge >= 0.3 is 5.97 Å². The Balaban J connectivity index is 2.86. The Morgan fingerprint density at radius 3 is 2.52 bits per heavy atom. The fourth-order valence-corrected chi connectivity index (χ4v) is 1.96. The van der Waals surface area contributed by atoms with Gasteiger partial charge < -0.3 is 10.1 Å². The molecule has 0 aromatic heterocycles. The number of nitrogens with one attached hydrogen (secondary N) is 1. The molecule has 6 nitrogen and oxygen atoms in total. The van der Waals surface area contributed by atoms with Gasteiger partial charge in [0.05, 0.1) is 10.5 Å². The van der Waals surface area contributed by atoms with Gasteiger partial charge in [-0.3, -0.25) is 10.1 Å². The lowest BCUT2D eigenvalue weighted by Gasteiger charge is -2.19. The predicted molar refractivity (Wildman–Crippen MR) is 89.4 cm³/mol. The van der Waals surface area contributed by atoms with E-state index in [1.165, 1.54) is 6.07 Å². The van der Waals surface area contributed by atoms with E-state index in [2.05, 4.69) is 19.2 Å². The van der Waals surface area contributed by atoms with E-state index in [-0.39, 0.29) is 11.3 Å². The van der Waals surface area contributed by atoms with Crippen LogP contribution in [0.5, 0.6) is 0 Å². The Kier molecular flexibility index (Phi) is 6.69. The van der Waals surface area contributed by atoms with Gasteiger partial charge in [-0.25, -0.2) is 4.79 Å². The number of nitrogens with zero attached hydrogens (tertiary/aromatic N) is 1. The van der Waals surface area contributed by atoms with Gasteiger partial charge in [-0.2, -0.15) is 0 Å². The molecule has 1 N–H and O–H groups in total. The van der Waals surface area contributed by atoms with Crippen LogP contribution < -0.4 is 5.32 Å². The van der Waals surface area contributed by atoms with Crippen LogP contribution >= 0.6 is 0 Å². The van der Waals surface area contributed by atoms with Crippen molar-refractivity contribution in [3.8, 4) is 0 Å². The Morgan fingerprint density at radius 2 is 2.00 bits per heavy atom. The molecule has 0 saturated carbocycles. The van der Waals surface area contributed by atoms with Crippen molar-refractivity contribution in [3.05, 3.63) is 39.4 Å². The molecule has 1 aromatic rings. The van der Waals surface area contributed by atoms with E-state index in [4.69, 9.17) is 4.74 Å². The normalized spacial score (nSPS) is 11.6. The van der Waals surface area contributed by atoms with E-state index in [0.29, 0.717) is 18.0 Å². The molecule has 0 radical (unpaired) electrons. The van der Waals surface area contributed by atoms with Gasteiger partial charge in [0.25, 0.3) is 5.69 Å². The number of carbonyl (C=O) groups excluding carboxylic acids is 1. The van der Waals surface area contributed by atoms with Crippen molar-refractivity contribution in [1.82, 2.24) is 5.32 Å². The summed E-state index contributed by atoms with van der Waals surface area (Å²) in [7, 11) is 0. The molecule has 0 atom stereocenters. The maximum absolute atomic E-state index is 12.0. The van der Waals surface area contributed by atoms with Crippen molar-refractivity contribution in [2.45, 2.75) is 53.2 Å². The van der Waals surface area contributed by atoms with Crippen LogP contribution in [0, 0.1) is 16.0 Å². The smallest absolute Gasteiger partial charge is 0.338 e. The van der Waals surface area contributed by atoms with Crippen molar-refractivity contribution in [2.75, 3.05) is 6.54 Å². The summed E-state index contributed by atoms with van der Waals surface area (Å²) in [5, 5.41) is 14.4. The fraction of sp³-hybridized carbons (Fsp3) is 0.588. The SMILES string of the molecule is CC(C)CCNCc1ccc(C(=O)OC(C)(C)C)cc1[N+](=O)[O-]. The number of nitro benzene ring substituents is 1. The molecular formula is C17H26N2O4. The van der Waals surface area contributed by atoms with Crippen LogP contribution in [0.15, 0.2) is 18.2 Å². The van der Waals surface area contributed by atoms with Crippen LogP contribution in [0.25, 0.3) is 0 Å². The Labute approximate surface area is 137 Å². The summed E-state index contributed by atoms with van der Waals surface area (Å²) in [5.74, 6) is 0.0203. The molecule has 128 valence electrons. The third kappa shape index (κ3) is 6.78. The molecular weight excluding hydrogens is 296 g/mol. The standard InChI is InChI=1S/C17H26N2O4/c1-12(2)8-9-18-11-14-7-6-13(10-15(14)19(21)22)16(20)23-17(3,4)5/h6-7,10,12,18H,8-9,11H2,1-5H3. The van der Waals surface area contributed by atoms with E-state index in [1.807, 2.05) is 0 Å². The first-order chi connectivity index (χ1) is 10.6. The molecule has 1 aromatic carbocycles. The monoisotopic (exact) mass is 322 g/mol. The summed E-state index contributed by atoms with van der Waals surface area (Å²) in [6.07, 6.45) is 1.00. The molecule has 0 spiro atoms. The maximum Gasteiger partial charge on any atom is 0.338 e. The number of ether oxygens (including phenoxy) is 1. The first-order valence-corrected chi connectivity index (χ1v) is 7.81. The predicted octanol–water partition coefficient (Wildman–Crippen LogP) is 3.69. The Hall–Kier alpha value is -1.95. The largest absolute Gasteiger partial charge is 0.456 e. The van der Waals surface area contributed by atoms with Crippen molar-refractivity contribution < 1.29 is 14.5 Å². The first-order valence-electron chi connectivity index (χ1n) is 7.81. The Morgan fingerprint density at radius 1 is 1.35 bits per heavy atom. The van der Waals surface area contributed by atoms with Gasteiger partial charge in [0.2, 0.25) is 0 Å². The molecule has 0 bridgehead atoms. The minimum atomic E-state index is -0.636. The molecule has 0 aliphatic heterocycles. The van der Waals surface area contributed by atoms with E-state index in [0.717, 1.165) is 13.0 Å². The van der Waals surface area contributed by atoms with Gasteiger partial charge in [0, 0.05) is 18.2 Å². The van der Waals surface area contributed by atoms with Crippen LogP contribution in [-0.2, 0) is 11.3 Å². The van der Waals surface area contributed by atoms with Gasteiger partial charge in [-0.15, -0.1) is 0 Å². The number of esters is 1. The zero-order chi connectivity index (χ0) is 17.6. The van der Waals surface area contributed by atoms with E-state index < -0.39 is 16.5 Å². The molecule has 0 amide bonds. The van der Waals surface area contributed by atoms with E-state index >= 15 is 0 Å². The maximum atomic E-state index is 12.0. The van der Waals surface area contributed by atoms with Gasteiger partial charge in [-0.1, -0.05) is 19.9 Å². The van der Waals surface area contributed by atoms with Crippen molar-refractivity contribution in [1.29, 1.82) is 0 Å². The van der Waals surface area contributed by atoms with Gasteiger partial charge in [0.15, 0.2) is 0 Å². The molecule has 0 aliphatic carbocycles. The quantitative estimate of drug-likeness (QED) is 0.358. The number of hydrogen-bond donors (Lipinski definition) is 1. The van der Waals surface area contributed by atoms with Crippen molar-refractivity contribution in [3.63, 3.8) is 0 Å². The number of benzene rings is 1. The van der Waals surface area contributed by atoms with Crippen LogP contribution in [0.1, 0.15) is 57.0 Å². The summed E-state index contributed by atoms with van der Waals surface area (Å²) in [6, 6.07) is 4.47. The third-order valence-electron chi connectivity index (χ3n) is 3.13. The van der Waals surface area contributed by atoms with Crippen LogP contribution in [0.3, 0.4) is 0 Å². The van der Waals surface area contributed by atoms with Gasteiger partial charge in [-0.05, 0) is 45.7 Å². The molecule has 1 rings (SSSR count). The highest BCUT2D eigenvalue weighted by molar-refractivity contribution is 5.90. The minimum Gasteiger partial charge on any atom is -0.456 e. The van der Waals surface area contributed by atoms with Crippen LogP contribution in [0.2, 0.25) is 0 Å². The summed E-state index contributed by atoms with van der Waals surface area (Å²) in [5.41, 5.74) is 0.0529.